The van der Waals surface area contributed by atoms with Crippen molar-refractivity contribution in [1.82, 2.24) is 19.7 Å². The maximum absolute atomic E-state index is 5.75. The summed E-state index contributed by atoms with van der Waals surface area (Å²) in [6.07, 6.45) is 6.16. The minimum Gasteiger partial charge on any atom is -0.377 e. The van der Waals surface area contributed by atoms with E-state index < -0.39 is 0 Å². The quantitative estimate of drug-likeness (QED) is 0.652. The molecule has 1 atom stereocenters. The van der Waals surface area contributed by atoms with Crippen LogP contribution in [0.15, 0.2) is 53.9 Å². The third kappa shape index (κ3) is 3.45. The largest absolute Gasteiger partial charge is 0.377 e. The molecule has 25 heavy (non-hydrogen) atoms. The molecule has 0 N–H and O–H groups in total. The van der Waals surface area contributed by atoms with Crippen molar-refractivity contribution in [3.8, 4) is 17.1 Å². The molecule has 0 bridgehead atoms. The number of nitrogens with zero attached hydrogens (tertiary/aromatic N) is 4. The highest BCUT2D eigenvalue weighted by Gasteiger charge is 2.21. The molecule has 4 rings (SSSR count). The van der Waals surface area contributed by atoms with Crippen molar-refractivity contribution in [3.63, 3.8) is 0 Å². The molecule has 1 fully saturated rings. The van der Waals surface area contributed by atoms with Crippen molar-refractivity contribution in [1.29, 1.82) is 0 Å². The number of para-hydroxylation sites is 1. The lowest BCUT2D eigenvalue weighted by molar-refractivity contribution is 0.129. The van der Waals surface area contributed by atoms with Crippen LogP contribution in [0.3, 0.4) is 0 Å². The van der Waals surface area contributed by atoms with Crippen molar-refractivity contribution in [2.24, 2.45) is 0 Å². The first-order valence-electron chi connectivity index (χ1n) is 8.49. The van der Waals surface area contributed by atoms with E-state index in [1.165, 1.54) is 5.56 Å². The van der Waals surface area contributed by atoms with E-state index in [0.717, 1.165) is 47.4 Å². The first-order chi connectivity index (χ1) is 12.3. The highest BCUT2D eigenvalue weighted by Crippen LogP contribution is 2.30. The fraction of sp³-hybridized carbons (Fsp3) is 0.316. The minimum atomic E-state index is 0.316. The maximum atomic E-state index is 5.75. The molecule has 0 spiro atoms. The zero-order chi connectivity index (χ0) is 17.1. The van der Waals surface area contributed by atoms with Crippen molar-refractivity contribution in [2.45, 2.75) is 31.0 Å². The van der Waals surface area contributed by atoms with Gasteiger partial charge < -0.3 is 4.74 Å². The summed E-state index contributed by atoms with van der Waals surface area (Å²) in [6.45, 7) is 2.98. The lowest BCUT2D eigenvalue weighted by Gasteiger charge is -2.14. The van der Waals surface area contributed by atoms with Crippen LogP contribution in [-0.4, -0.2) is 38.2 Å². The molecular weight excluding hydrogens is 332 g/mol. The van der Waals surface area contributed by atoms with Crippen LogP contribution in [0.1, 0.15) is 18.4 Å². The molecule has 5 nitrogen and oxygen atoms in total. The van der Waals surface area contributed by atoms with Gasteiger partial charge in [0.1, 0.15) is 0 Å². The Bertz CT molecular complexity index is 844. The van der Waals surface area contributed by atoms with Crippen molar-refractivity contribution in [2.75, 3.05) is 12.4 Å². The predicted octanol–water partition coefficient (Wildman–Crippen LogP) is 3.91. The van der Waals surface area contributed by atoms with Gasteiger partial charge in [-0.3, -0.25) is 9.55 Å². The van der Waals surface area contributed by atoms with E-state index in [2.05, 4.69) is 44.9 Å². The average molecular weight is 352 g/mol. The van der Waals surface area contributed by atoms with E-state index in [-0.39, 0.29) is 0 Å². The van der Waals surface area contributed by atoms with Gasteiger partial charge in [0, 0.05) is 30.3 Å². The van der Waals surface area contributed by atoms with E-state index in [4.69, 9.17) is 4.74 Å². The van der Waals surface area contributed by atoms with Gasteiger partial charge in [0.15, 0.2) is 11.0 Å². The Morgan fingerprint density at radius 3 is 2.76 bits per heavy atom. The van der Waals surface area contributed by atoms with Crippen LogP contribution in [0.25, 0.3) is 17.1 Å². The van der Waals surface area contributed by atoms with E-state index in [9.17, 15) is 0 Å². The number of hydrogen-bond donors (Lipinski definition) is 0. The monoisotopic (exact) mass is 352 g/mol. The third-order valence-electron chi connectivity index (χ3n) is 4.35. The molecule has 0 amide bonds. The first kappa shape index (κ1) is 16.3. The van der Waals surface area contributed by atoms with Crippen LogP contribution in [0.2, 0.25) is 0 Å². The summed E-state index contributed by atoms with van der Waals surface area (Å²) >= 11 is 1.71. The second kappa shape index (κ2) is 7.37. The average Bonchev–Trinajstić information content (AvgIpc) is 3.31. The first-order valence-corrected chi connectivity index (χ1v) is 9.48. The Kier molecular flexibility index (Phi) is 4.81. The molecule has 6 heteroatoms. The molecule has 2 aromatic heterocycles. The zero-order valence-electron chi connectivity index (χ0n) is 14.1. The van der Waals surface area contributed by atoms with Gasteiger partial charge in [-0.05, 0) is 43.5 Å². The predicted molar refractivity (Wildman–Crippen MR) is 99.0 cm³/mol. The molecule has 1 saturated heterocycles. The molecule has 1 aliphatic rings. The molecule has 0 saturated carbocycles. The Balaban J connectivity index is 1.74. The molecule has 0 radical (unpaired) electrons. The lowest BCUT2D eigenvalue weighted by atomic mass is 10.2. The van der Waals surface area contributed by atoms with E-state index in [0.29, 0.717) is 6.10 Å². The number of aromatic nitrogens is 4. The van der Waals surface area contributed by atoms with Crippen LogP contribution in [0.4, 0.5) is 0 Å². The molecule has 0 unspecified atom stereocenters. The minimum absolute atomic E-state index is 0.316. The van der Waals surface area contributed by atoms with Gasteiger partial charge in [-0.1, -0.05) is 30.0 Å². The van der Waals surface area contributed by atoms with Gasteiger partial charge in [-0.2, -0.15) is 0 Å². The normalized spacial score (nSPS) is 17.1. The van der Waals surface area contributed by atoms with E-state index in [1.54, 1.807) is 24.2 Å². The summed E-state index contributed by atoms with van der Waals surface area (Å²) in [5, 5.41) is 9.84. The van der Waals surface area contributed by atoms with Crippen LogP contribution in [-0.2, 0) is 4.74 Å². The number of thioether (sulfide) groups is 1. The molecule has 3 heterocycles. The molecule has 0 aliphatic carbocycles. The number of aryl methyl sites for hydroxylation is 1. The van der Waals surface area contributed by atoms with Gasteiger partial charge in [-0.25, -0.2) is 0 Å². The topological polar surface area (TPSA) is 52.8 Å². The number of pyridine rings is 1. The van der Waals surface area contributed by atoms with Crippen molar-refractivity contribution < 1.29 is 4.74 Å². The van der Waals surface area contributed by atoms with Gasteiger partial charge in [0.05, 0.1) is 11.8 Å². The summed E-state index contributed by atoms with van der Waals surface area (Å²) in [6, 6.07) is 12.3. The smallest absolute Gasteiger partial charge is 0.196 e. The SMILES string of the molecule is Cc1ccccc1-n1c(SC[C@@H]2CCCO2)nnc1-c1ccncc1. The number of ether oxygens (including phenoxy) is 1. The molecule has 1 aromatic carbocycles. The number of rotatable bonds is 5. The summed E-state index contributed by atoms with van der Waals surface area (Å²) in [7, 11) is 0. The van der Waals surface area contributed by atoms with Crippen LogP contribution < -0.4 is 0 Å². The Morgan fingerprint density at radius 2 is 2.00 bits per heavy atom. The summed E-state index contributed by atoms with van der Waals surface area (Å²) in [4.78, 5) is 4.11. The van der Waals surface area contributed by atoms with Crippen molar-refractivity contribution >= 4 is 11.8 Å². The second-order valence-electron chi connectivity index (χ2n) is 6.11. The van der Waals surface area contributed by atoms with E-state index >= 15 is 0 Å². The number of hydrogen-bond acceptors (Lipinski definition) is 5. The fourth-order valence-electron chi connectivity index (χ4n) is 3.03. The zero-order valence-corrected chi connectivity index (χ0v) is 14.9. The highest BCUT2D eigenvalue weighted by atomic mass is 32.2. The Hall–Kier alpha value is -2.18. The van der Waals surface area contributed by atoms with Gasteiger partial charge >= 0.3 is 0 Å². The summed E-state index contributed by atoms with van der Waals surface area (Å²) in [5.74, 6) is 1.74. The Morgan fingerprint density at radius 1 is 1.16 bits per heavy atom. The molecule has 1 aliphatic heterocycles. The fourth-order valence-corrected chi connectivity index (χ4v) is 4.04. The third-order valence-corrected chi connectivity index (χ3v) is 5.41. The van der Waals surface area contributed by atoms with E-state index in [1.807, 2.05) is 18.2 Å². The molecule has 128 valence electrons. The van der Waals surface area contributed by atoms with Crippen LogP contribution >= 0.6 is 11.8 Å². The summed E-state index contributed by atoms with van der Waals surface area (Å²) < 4.78 is 7.89. The second-order valence-corrected chi connectivity index (χ2v) is 7.10. The van der Waals surface area contributed by atoms with Gasteiger partial charge in [-0.15, -0.1) is 10.2 Å². The van der Waals surface area contributed by atoms with Gasteiger partial charge in [0.2, 0.25) is 0 Å². The number of benzene rings is 1. The van der Waals surface area contributed by atoms with Crippen molar-refractivity contribution in [3.05, 3.63) is 54.4 Å². The Labute approximate surface area is 151 Å². The molecule has 3 aromatic rings. The van der Waals surface area contributed by atoms with Gasteiger partial charge in [0.25, 0.3) is 0 Å². The van der Waals surface area contributed by atoms with Crippen LogP contribution in [0, 0.1) is 6.92 Å². The standard InChI is InChI=1S/C19H20N4OS/c1-14-5-2-3-7-17(14)23-18(15-8-10-20-11-9-15)21-22-19(23)25-13-16-6-4-12-24-16/h2-3,5,7-11,16H,4,6,12-13H2,1H3/t16-/m0/s1. The molecular formula is C19H20N4OS. The highest BCUT2D eigenvalue weighted by molar-refractivity contribution is 7.99. The summed E-state index contributed by atoms with van der Waals surface area (Å²) in [5.41, 5.74) is 3.31. The maximum Gasteiger partial charge on any atom is 0.196 e. The lowest BCUT2D eigenvalue weighted by Crippen LogP contribution is -2.09. The van der Waals surface area contributed by atoms with Crippen LogP contribution in [0.5, 0.6) is 0 Å².